The second kappa shape index (κ2) is 9.46. The molecule has 6 nitrogen and oxygen atoms in total. The summed E-state index contributed by atoms with van der Waals surface area (Å²) in [5.41, 5.74) is 4.24. The highest BCUT2D eigenvalue weighted by atomic mass is 16.1. The lowest BCUT2D eigenvalue weighted by atomic mass is 10.2. The molecule has 0 radical (unpaired) electrons. The average molecular weight is 382 g/mol. The second-order valence-corrected chi connectivity index (χ2v) is 7.50. The molecule has 1 heterocycles. The average Bonchev–Trinajstić information content (AvgIpc) is 2.70. The molecule has 0 unspecified atom stereocenters. The molecule has 2 aromatic rings. The van der Waals surface area contributed by atoms with Gasteiger partial charge in [0.1, 0.15) is 0 Å². The first-order chi connectivity index (χ1) is 13.5. The standard InChI is InChI=1S/C22H31N5O/c1-25(2)20-8-4-18(5-9-20)23-13-12-22(28)24-19-6-10-21(11-7-19)27-16-14-26(3)15-17-27/h4-11,23H,12-17H2,1-3H3,(H,24,28). The van der Waals surface area contributed by atoms with E-state index in [0.717, 1.165) is 43.2 Å². The summed E-state index contributed by atoms with van der Waals surface area (Å²) in [6.45, 7) is 4.87. The molecule has 150 valence electrons. The Morgan fingerprint density at radius 1 is 0.929 bits per heavy atom. The summed E-state index contributed by atoms with van der Waals surface area (Å²) in [6, 6.07) is 16.3. The van der Waals surface area contributed by atoms with Crippen LogP contribution >= 0.6 is 0 Å². The number of hydrogen-bond donors (Lipinski definition) is 2. The van der Waals surface area contributed by atoms with Crippen LogP contribution in [0, 0.1) is 0 Å². The Kier molecular flexibility index (Phi) is 6.76. The Bertz CT molecular complexity index is 750. The molecule has 1 saturated heterocycles. The minimum Gasteiger partial charge on any atom is -0.385 e. The van der Waals surface area contributed by atoms with Crippen LogP contribution in [0.4, 0.5) is 22.7 Å². The third-order valence-corrected chi connectivity index (χ3v) is 5.08. The largest absolute Gasteiger partial charge is 0.385 e. The van der Waals surface area contributed by atoms with Crippen LogP contribution in [0.15, 0.2) is 48.5 Å². The molecular formula is C22H31N5O. The van der Waals surface area contributed by atoms with Crippen molar-refractivity contribution in [3.05, 3.63) is 48.5 Å². The van der Waals surface area contributed by atoms with E-state index in [9.17, 15) is 4.79 Å². The minimum absolute atomic E-state index is 0.0183. The van der Waals surface area contributed by atoms with Gasteiger partial charge >= 0.3 is 0 Å². The molecule has 3 rings (SSSR count). The van der Waals surface area contributed by atoms with Gasteiger partial charge in [0.15, 0.2) is 0 Å². The number of benzene rings is 2. The van der Waals surface area contributed by atoms with E-state index < -0.39 is 0 Å². The maximum atomic E-state index is 12.2. The molecule has 6 heteroatoms. The van der Waals surface area contributed by atoms with Crippen LogP contribution in [0.25, 0.3) is 0 Å². The van der Waals surface area contributed by atoms with Crippen LogP contribution in [0.5, 0.6) is 0 Å². The van der Waals surface area contributed by atoms with Gasteiger partial charge in [0, 0.05) is 76.0 Å². The summed E-state index contributed by atoms with van der Waals surface area (Å²) in [5.74, 6) is 0.0183. The summed E-state index contributed by atoms with van der Waals surface area (Å²) in [5, 5.41) is 6.27. The van der Waals surface area contributed by atoms with E-state index in [1.165, 1.54) is 5.69 Å². The predicted molar refractivity (Wildman–Crippen MR) is 119 cm³/mol. The number of anilines is 4. The maximum absolute atomic E-state index is 12.2. The van der Waals surface area contributed by atoms with Gasteiger partial charge in [-0.15, -0.1) is 0 Å². The maximum Gasteiger partial charge on any atom is 0.226 e. The number of nitrogens with zero attached hydrogens (tertiary/aromatic N) is 3. The highest BCUT2D eigenvalue weighted by Crippen LogP contribution is 2.19. The molecule has 28 heavy (non-hydrogen) atoms. The predicted octanol–water partition coefficient (Wildman–Crippen LogP) is 2.95. The number of carbonyl (C=O) groups excluding carboxylic acids is 1. The quantitative estimate of drug-likeness (QED) is 0.772. The van der Waals surface area contributed by atoms with E-state index in [2.05, 4.69) is 56.6 Å². The van der Waals surface area contributed by atoms with Gasteiger partial charge in [-0.25, -0.2) is 0 Å². The lowest BCUT2D eigenvalue weighted by Gasteiger charge is -2.34. The molecule has 1 fully saturated rings. The SMILES string of the molecule is CN1CCN(c2ccc(NC(=O)CCNc3ccc(N(C)C)cc3)cc2)CC1. The van der Waals surface area contributed by atoms with Crippen LogP contribution in [0.1, 0.15) is 6.42 Å². The topological polar surface area (TPSA) is 50.9 Å². The van der Waals surface area contributed by atoms with Crippen LogP contribution < -0.4 is 20.4 Å². The van der Waals surface area contributed by atoms with Crippen LogP contribution in [-0.4, -0.2) is 64.7 Å². The van der Waals surface area contributed by atoms with Crippen LogP contribution in [-0.2, 0) is 4.79 Å². The molecule has 1 aliphatic heterocycles. The Morgan fingerprint density at radius 2 is 1.54 bits per heavy atom. The molecular weight excluding hydrogens is 350 g/mol. The monoisotopic (exact) mass is 381 g/mol. The third-order valence-electron chi connectivity index (χ3n) is 5.08. The zero-order valence-electron chi connectivity index (χ0n) is 17.1. The smallest absolute Gasteiger partial charge is 0.226 e. The van der Waals surface area contributed by atoms with Crippen molar-refractivity contribution in [3.8, 4) is 0 Å². The van der Waals surface area contributed by atoms with Crippen molar-refractivity contribution in [2.75, 3.05) is 74.3 Å². The van der Waals surface area contributed by atoms with Crippen molar-refractivity contribution in [2.24, 2.45) is 0 Å². The first-order valence-corrected chi connectivity index (χ1v) is 9.86. The second-order valence-electron chi connectivity index (χ2n) is 7.50. The van der Waals surface area contributed by atoms with Crippen molar-refractivity contribution >= 4 is 28.7 Å². The molecule has 0 spiro atoms. The van der Waals surface area contributed by atoms with E-state index >= 15 is 0 Å². The molecule has 0 bridgehead atoms. The first-order valence-electron chi connectivity index (χ1n) is 9.86. The Hall–Kier alpha value is -2.73. The lowest BCUT2D eigenvalue weighted by Crippen LogP contribution is -2.44. The number of amides is 1. The lowest BCUT2D eigenvalue weighted by molar-refractivity contribution is -0.115. The van der Waals surface area contributed by atoms with Crippen LogP contribution in [0.2, 0.25) is 0 Å². The molecule has 1 amide bonds. The number of likely N-dealkylation sites (N-methyl/N-ethyl adjacent to an activating group) is 1. The molecule has 2 N–H and O–H groups in total. The molecule has 0 atom stereocenters. The van der Waals surface area contributed by atoms with Crippen molar-refractivity contribution in [1.82, 2.24) is 4.90 Å². The Labute approximate surface area is 168 Å². The van der Waals surface area contributed by atoms with Gasteiger partial charge in [0.2, 0.25) is 5.91 Å². The molecule has 0 aromatic heterocycles. The Balaban J connectivity index is 1.42. The van der Waals surface area contributed by atoms with Crippen molar-refractivity contribution in [3.63, 3.8) is 0 Å². The van der Waals surface area contributed by atoms with E-state index in [4.69, 9.17) is 0 Å². The van der Waals surface area contributed by atoms with Gasteiger partial charge < -0.3 is 25.3 Å². The van der Waals surface area contributed by atoms with Crippen molar-refractivity contribution < 1.29 is 4.79 Å². The number of nitrogens with one attached hydrogen (secondary N) is 2. The fraction of sp³-hybridized carbons (Fsp3) is 0.409. The van der Waals surface area contributed by atoms with Gasteiger partial charge in [0.05, 0.1) is 0 Å². The molecule has 0 aliphatic carbocycles. The van der Waals surface area contributed by atoms with Gasteiger partial charge in [0.25, 0.3) is 0 Å². The Morgan fingerprint density at radius 3 is 2.14 bits per heavy atom. The van der Waals surface area contributed by atoms with E-state index in [0.29, 0.717) is 13.0 Å². The van der Waals surface area contributed by atoms with Crippen molar-refractivity contribution in [1.29, 1.82) is 0 Å². The van der Waals surface area contributed by atoms with Gasteiger partial charge in [-0.3, -0.25) is 4.79 Å². The van der Waals surface area contributed by atoms with E-state index in [-0.39, 0.29) is 5.91 Å². The number of rotatable bonds is 7. The van der Waals surface area contributed by atoms with Gasteiger partial charge in [-0.2, -0.15) is 0 Å². The summed E-state index contributed by atoms with van der Waals surface area (Å²) >= 11 is 0. The fourth-order valence-corrected chi connectivity index (χ4v) is 3.24. The minimum atomic E-state index is 0.0183. The number of carbonyl (C=O) groups is 1. The summed E-state index contributed by atoms with van der Waals surface area (Å²) in [4.78, 5) is 19.0. The highest BCUT2D eigenvalue weighted by Gasteiger charge is 2.14. The van der Waals surface area contributed by atoms with Crippen molar-refractivity contribution in [2.45, 2.75) is 6.42 Å². The van der Waals surface area contributed by atoms with E-state index in [1.54, 1.807) is 0 Å². The summed E-state index contributed by atoms with van der Waals surface area (Å²) < 4.78 is 0. The fourth-order valence-electron chi connectivity index (χ4n) is 3.24. The zero-order valence-corrected chi connectivity index (χ0v) is 17.1. The molecule has 0 saturated carbocycles. The number of piperazine rings is 1. The third kappa shape index (κ3) is 5.63. The molecule has 1 aliphatic rings. The molecule has 2 aromatic carbocycles. The van der Waals surface area contributed by atoms with Gasteiger partial charge in [-0.1, -0.05) is 0 Å². The van der Waals surface area contributed by atoms with E-state index in [1.807, 2.05) is 38.4 Å². The normalized spacial score (nSPS) is 14.6. The summed E-state index contributed by atoms with van der Waals surface area (Å²) in [7, 11) is 6.19. The number of hydrogen-bond acceptors (Lipinski definition) is 5. The summed E-state index contributed by atoms with van der Waals surface area (Å²) in [6.07, 6.45) is 0.426. The van der Waals surface area contributed by atoms with Gasteiger partial charge in [-0.05, 0) is 55.6 Å². The zero-order chi connectivity index (χ0) is 19.9. The first kappa shape index (κ1) is 20.0. The highest BCUT2D eigenvalue weighted by molar-refractivity contribution is 5.91. The van der Waals surface area contributed by atoms with Crippen LogP contribution in [0.3, 0.4) is 0 Å².